The van der Waals surface area contributed by atoms with E-state index in [2.05, 4.69) is 36.1 Å². The summed E-state index contributed by atoms with van der Waals surface area (Å²) in [4.78, 5) is 14.8. The van der Waals surface area contributed by atoms with Crippen molar-refractivity contribution in [3.05, 3.63) is 17.5 Å². The van der Waals surface area contributed by atoms with Gasteiger partial charge in [-0.1, -0.05) is 18.5 Å². The zero-order valence-corrected chi connectivity index (χ0v) is 13.1. The van der Waals surface area contributed by atoms with Crippen molar-refractivity contribution < 1.29 is 9.32 Å². The topological polar surface area (TPSA) is 58.4 Å². The summed E-state index contributed by atoms with van der Waals surface area (Å²) in [5, 5.41) is 7.07. The van der Waals surface area contributed by atoms with Gasteiger partial charge < -0.3 is 9.84 Å². The van der Waals surface area contributed by atoms with Crippen LogP contribution in [0.2, 0.25) is 0 Å². The molecule has 1 saturated heterocycles. The van der Waals surface area contributed by atoms with E-state index in [0.717, 1.165) is 38.1 Å². The van der Waals surface area contributed by atoms with Crippen molar-refractivity contribution in [1.82, 2.24) is 15.4 Å². The molecule has 2 unspecified atom stereocenters. The van der Waals surface area contributed by atoms with Crippen LogP contribution in [-0.4, -0.2) is 41.1 Å². The fraction of sp³-hybridized carbons (Fsp3) is 0.750. The highest BCUT2D eigenvalue weighted by Gasteiger charge is 2.35. The Balaban J connectivity index is 1.62. The quantitative estimate of drug-likeness (QED) is 0.905. The number of hydrogen-bond acceptors (Lipinski definition) is 4. The number of rotatable bonds is 5. The van der Waals surface area contributed by atoms with Crippen LogP contribution in [0.3, 0.4) is 0 Å². The number of aromatic nitrogens is 1. The Hall–Kier alpha value is -1.36. The molecule has 0 radical (unpaired) electrons. The molecule has 1 aliphatic carbocycles. The molecule has 1 aromatic rings. The van der Waals surface area contributed by atoms with Gasteiger partial charge in [-0.3, -0.25) is 9.69 Å². The van der Waals surface area contributed by atoms with Gasteiger partial charge in [0.2, 0.25) is 0 Å². The molecule has 1 aliphatic heterocycles. The van der Waals surface area contributed by atoms with Crippen LogP contribution in [0.15, 0.2) is 10.6 Å². The third-order valence-electron chi connectivity index (χ3n) is 4.78. The van der Waals surface area contributed by atoms with E-state index in [1.165, 1.54) is 0 Å². The van der Waals surface area contributed by atoms with Gasteiger partial charge in [0.15, 0.2) is 5.69 Å². The standard InChI is InChI=1S/C16H25N3O2/c1-4-11-8-19(10(2)3)9-14(11)17-16(20)13-7-15(21-18-13)12-5-6-12/h7,10-12,14H,4-6,8-9H2,1-3H3,(H,17,20). The maximum absolute atomic E-state index is 12.3. The Kier molecular flexibility index (Phi) is 4.02. The van der Waals surface area contributed by atoms with Crippen LogP contribution in [0, 0.1) is 5.92 Å². The fourth-order valence-corrected chi connectivity index (χ4v) is 3.10. The van der Waals surface area contributed by atoms with Crippen LogP contribution in [-0.2, 0) is 0 Å². The van der Waals surface area contributed by atoms with Gasteiger partial charge >= 0.3 is 0 Å². The van der Waals surface area contributed by atoms with Crippen molar-refractivity contribution in [3.63, 3.8) is 0 Å². The number of amides is 1. The predicted octanol–water partition coefficient (Wildman–Crippen LogP) is 2.40. The number of hydrogen-bond donors (Lipinski definition) is 1. The van der Waals surface area contributed by atoms with E-state index in [0.29, 0.717) is 23.6 Å². The number of carbonyl (C=O) groups excluding carboxylic acids is 1. The largest absolute Gasteiger partial charge is 0.360 e. The van der Waals surface area contributed by atoms with E-state index in [9.17, 15) is 4.79 Å². The lowest BCUT2D eigenvalue weighted by Gasteiger charge is -2.20. The minimum absolute atomic E-state index is 0.0975. The zero-order chi connectivity index (χ0) is 15.0. The molecule has 0 bridgehead atoms. The summed E-state index contributed by atoms with van der Waals surface area (Å²) in [5.41, 5.74) is 0.426. The van der Waals surface area contributed by atoms with E-state index in [4.69, 9.17) is 4.52 Å². The van der Waals surface area contributed by atoms with E-state index in [1.54, 1.807) is 0 Å². The Morgan fingerprint density at radius 2 is 2.24 bits per heavy atom. The average molecular weight is 291 g/mol. The van der Waals surface area contributed by atoms with Gasteiger partial charge in [0.25, 0.3) is 5.91 Å². The van der Waals surface area contributed by atoms with Gasteiger partial charge in [-0.25, -0.2) is 0 Å². The molecule has 1 saturated carbocycles. The summed E-state index contributed by atoms with van der Waals surface area (Å²) >= 11 is 0. The average Bonchev–Trinajstić information content (AvgIpc) is 3.03. The summed E-state index contributed by atoms with van der Waals surface area (Å²) in [5.74, 6) is 1.78. The molecule has 0 aromatic carbocycles. The molecule has 5 heteroatoms. The Labute approximate surface area is 126 Å². The Morgan fingerprint density at radius 3 is 2.86 bits per heavy atom. The molecule has 2 fully saturated rings. The first-order valence-electron chi connectivity index (χ1n) is 8.10. The van der Waals surface area contributed by atoms with Gasteiger partial charge in [-0.05, 0) is 32.6 Å². The second-order valence-corrected chi connectivity index (χ2v) is 6.68. The molecule has 0 spiro atoms. The van der Waals surface area contributed by atoms with Crippen LogP contribution in [0.4, 0.5) is 0 Å². The van der Waals surface area contributed by atoms with Crippen LogP contribution in [0.1, 0.15) is 62.2 Å². The lowest BCUT2D eigenvalue weighted by molar-refractivity contribution is 0.0920. The van der Waals surface area contributed by atoms with Gasteiger partial charge in [0.1, 0.15) is 5.76 Å². The van der Waals surface area contributed by atoms with Crippen molar-refractivity contribution in [2.75, 3.05) is 13.1 Å². The highest BCUT2D eigenvalue weighted by atomic mass is 16.5. The molecule has 5 nitrogen and oxygen atoms in total. The molecule has 1 N–H and O–H groups in total. The van der Waals surface area contributed by atoms with Crippen LogP contribution < -0.4 is 5.32 Å². The second kappa shape index (κ2) is 5.79. The van der Waals surface area contributed by atoms with Crippen molar-refractivity contribution in [2.45, 2.75) is 58.0 Å². The van der Waals surface area contributed by atoms with Crippen LogP contribution in [0.25, 0.3) is 0 Å². The number of carbonyl (C=O) groups is 1. The monoisotopic (exact) mass is 291 g/mol. The minimum Gasteiger partial charge on any atom is -0.360 e. The van der Waals surface area contributed by atoms with E-state index in [1.807, 2.05) is 6.07 Å². The third kappa shape index (κ3) is 3.12. The van der Waals surface area contributed by atoms with Gasteiger partial charge in [-0.2, -0.15) is 0 Å². The van der Waals surface area contributed by atoms with Gasteiger partial charge in [0, 0.05) is 37.2 Å². The zero-order valence-electron chi connectivity index (χ0n) is 13.1. The Bertz CT molecular complexity index is 507. The first-order valence-corrected chi connectivity index (χ1v) is 8.10. The molecule has 3 rings (SSSR count). The van der Waals surface area contributed by atoms with E-state index in [-0.39, 0.29) is 11.9 Å². The van der Waals surface area contributed by atoms with E-state index < -0.39 is 0 Å². The van der Waals surface area contributed by atoms with Crippen molar-refractivity contribution in [3.8, 4) is 0 Å². The number of likely N-dealkylation sites (tertiary alicyclic amines) is 1. The van der Waals surface area contributed by atoms with Crippen molar-refractivity contribution in [1.29, 1.82) is 0 Å². The molecule has 2 heterocycles. The lowest BCUT2D eigenvalue weighted by atomic mass is 10.0. The summed E-state index contributed by atoms with van der Waals surface area (Å²) < 4.78 is 5.27. The lowest BCUT2D eigenvalue weighted by Crippen LogP contribution is -2.41. The SMILES string of the molecule is CCC1CN(C(C)C)CC1NC(=O)c1cc(C2CC2)on1. The summed E-state index contributed by atoms with van der Waals surface area (Å²) in [6, 6.07) is 2.55. The third-order valence-corrected chi connectivity index (χ3v) is 4.78. The van der Waals surface area contributed by atoms with Crippen molar-refractivity contribution in [2.24, 2.45) is 5.92 Å². The molecule has 116 valence electrons. The van der Waals surface area contributed by atoms with Crippen LogP contribution >= 0.6 is 0 Å². The molecule has 1 aromatic heterocycles. The molecule has 21 heavy (non-hydrogen) atoms. The Morgan fingerprint density at radius 1 is 1.48 bits per heavy atom. The predicted molar refractivity (Wildman–Crippen MR) is 80.2 cm³/mol. The normalized spacial score (nSPS) is 26.5. The second-order valence-electron chi connectivity index (χ2n) is 6.68. The maximum atomic E-state index is 12.3. The molecular formula is C16H25N3O2. The number of nitrogens with one attached hydrogen (secondary N) is 1. The molecular weight excluding hydrogens is 266 g/mol. The summed E-state index contributed by atoms with van der Waals surface area (Å²) in [6.45, 7) is 8.59. The fourth-order valence-electron chi connectivity index (χ4n) is 3.10. The van der Waals surface area contributed by atoms with Gasteiger partial charge in [-0.15, -0.1) is 0 Å². The van der Waals surface area contributed by atoms with E-state index >= 15 is 0 Å². The smallest absolute Gasteiger partial charge is 0.273 e. The van der Waals surface area contributed by atoms with Gasteiger partial charge in [0.05, 0.1) is 0 Å². The summed E-state index contributed by atoms with van der Waals surface area (Å²) in [7, 11) is 0. The van der Waals surface area contributed by atoms with Crippen molar-refractivity contribution >= 4 is 5.91 Å². The molecule has 2 atom stereocenters. The first kappa shape index (κ1) is 14.6. The maximum Gasteiger partial charge on any atom is 0.273 e. The molecule has 1 amide bonds. The summed E-state index contributed by atoms with van der Waals surface area (Å²) in [6.07, 6.45) is 3.39. The highest BCUT2D eigenvalue weighted by Crippen LogP contribution is 2.40. The molecule has 2 aliphatic rings. The van der Waals surface area contributed by atoms with Crippen LogP contribution in [0.5, 0.6) is 0 Å². The highest BCUT2D eigenvalue weighted by molar-refractivity contribution is 5.92. The first-order chi connectivity index (χ1) is 10.1. The number of nitrogens with zero attached hydrogens (tertiary/aromatic N) is 2. The minimum atomic E-state index is -0.0975.